The van der Waals surface area contributed by atoms with E-state index in [0.29, 0.717) is 43.4 Å². The molecule has 41 heavy (non-hydrogen) atoms. The number of ether oxygens (including phenoxy) is 1. The number of anilines is 2. The Morgan fingerprint density at radius 2 is 1.80 bits per heavy atom. The second-order valence-corrected chi connectivity index (χ2v) is 10.5. The lowest BCUT2D eigenvalue weighted by Gasteiger charge is -2.35. The molecule has 9 nitrogen and oxygen atoms in total. The largest absolute Gasteiger partial charge is 0.416 e. The maximum Gasteiger partial charge on any atom is 0.416 e. The zero-order valence-corrected chi connectivity index (χ0v) is 23.5. The lowest BCUT2D eigenvalue weighted by molar-refractivity contribution is -0.138. The Balaban J connectivity index is 1.92. The van der Waals surface area contributed by atoms with Crippen molar-refractivity contribution >= 4 is 33.2 Å². The van der Waals surface area contributed by atoms with Crippen LogP contribution >= 0.6 is 0 Å². The van der Waals surface area contributed by atoms with E-state index >= 15 is 0 Å². The highest BCUT2D eigenvalue weighted by atomic mass is 32.2. The normalized spacial score (nSPS) is 16.9. The Labute approximate surface area is 237 Å². The minimum atomic E-state index is -4.74. The van der Waals surface area contributed by atoms with E-state index in [1.807, 2.05) is 11.8 Å². The van der Waals surface area contributed by atoms with Crippen LogP contribution in [0.1, 0.15) is 37.6 Å². The first kappa shape index (κ1) is 30.0. The van der Waals surface area contributed by atoms with Gasteiger partial charge in [0.15, 0.2) is 5.82 Å². The molecule has 0 bridgehead atoms. The molecule has 0 spiro atoms. The van der Waals surface area contributed by atoms with E-state index in [1.165, 1.54) is 31.2 Å². The van der Waals surface area contributed by atoms with Gasteiger partial charge >= 0.3 is 12.2 Å². The standard InChI is InChI=1S/C28H30F3N5O4S/c1-4-32-26(37)33-20-11-9-19(10-12-20)25-34-23(15-24(35-25)36-13-14-40-16-18(36)2)27(3,17-41(38)39)21-7-5-6-8-22(21)28(29,30)31/h5-12,15,17-18H,4,13-14,16H2,1-3H3,(H2,32,33,37)/t18-,27?/m0/s1. The van der Waals surface area contributed by atoms with E-state index in [-0.39, 0.29) is 29.2 Å². The van der Waals surface area contributed by atoms with Crippen LogP contribution in [0.5, 0.6) is 0 Å². The average molecular weight is 590 g/mol. The zero-order valence-electron chi connectivity index (χ0n) is 22.7. The summed E-state index contributed by atoms with van der Waals surface area (Å²) < 4.78 is 72.0. The van der Waals surface area contributed by atoms with Gasteiger partial charge in [-0.3, -0.25) is 0 Å². The minimum Gasteiger partial charge on any atom is -0.377 e. The van der Waals surface area contributed by atoms with Gasteiger partial charge in [0.2, 0.25) is 10.3 Å². The van der Waals surface area contributed by atoms with Gasteiger partial charge in [-0.2, -0.15) is 21.6 Å². The van der Waals surface area contributed by atoms with Gasteiger partial charge in [0.05, 0.1) is 41.3 Å². The van der Waals surface area contributed by atoms with Crippen molar-refractivity contribution in [1.29, 1.82) is 0 Å². The second kappa shape index (κ2) is 12.3. The van der Waals surface area contributed by atoms with Gasteiger partial charge in [0, 0.05) is 30.4 Å². The monoisotopic (exact) mass is 589 g/mol. The molecule has 1 aliphatic rings. The summed E-state index contributed by atoms with van der Waals surface area (Å²) in [6.07, 6.45) is -4.74. The van der Waals surface area contributed by atoms with Crippen LogP contribution in [0.4, 0.5) is 29.5 Å². The molecule has 1 saturated heterocycles. The van der Waals surface area contributed by atoms with Crippen LogP contribution in [0.3, 0.4) is 0 Å². The van der Waals surface area contributed by atoms with Crippen molar-refractivity contribution in [2.24, 2.45) is 0 Å². The number of nitrogens with zero attached hydrogens (tertiary/aromatic N) is 3. The molecular formula is C28H30F3N5O4S. The molecular weight excluding hydrogens is 559 g/mol. The zero-order chi connectivity index (χ0) is 29.8. The van der Waals surface area contributed by atoms with Gasteiger partial charge in [-0.15, -0.1) is 0 Å². The van der Waals surface area contributed by atoms with Crippen molar-refractivity contribution in [3.63, 3.8) is 0 Å². The topological polar surface area (TPSA) is 114 Å². The first-order chi connectivity index (χ1) is 19.4. The van der Waals surface area contributed by atoms with E-state index in [9.17, 15) is 26.4 Å². The fraction of sp³-hybridized carbons (Fsp3) is 0.357. The summed E-state index contributed by atoms with van der Waals surface area (Å²) in [4.78, 5) is 23.2. The first-order valence-electron chi connectivity index (χ1n) is 12.9. The predicted octanol–water partition coefficient (Wildman–Crippen LogP) is 4.52. The van der Waals surface area contributed by atoms with Gasteiger partial charge in [0.1, 0.15) is 5.82 Å². The predicted molar refractivity (Wildman–Crippen MR) is 151 cm³/mol. The molecule has 0 saturated carbocycles. The van der Waals surface area contributed by atoms with Crippen molar-refractivity contribution in [2.75, 3.05) is 36.5 Å². The smallest absolute Gasteiger partial charge is 0.377 e. The summed E-state index contributed by atoms with van der Waals surface area (Å²) in [5.41, 5.74) is -1.92. The third kappa shape index (κ3) is 6.85. The molecule has 2 atom stereocenters. The molecule has 3 aromatic rings. The second-order valence-electron chi connectivity index (χ2n) is 9.74. The van der Waals surface area contributed by atoms with Crippen LogP contribution in [-0.2, 0) is 26.6 Å². The van der Waals surface area contributed by atoms with Gasteiger partial charge in [0.25, 0.3) is 0 Å². The number of aromatic nitrogens is 2. The van der Waals surface area contributed by atoms with E-state index in [4.69, 9.17) is 9.72 Å². The summed E-state index contributed by atoms with van der Waals surface area (Å²) in [6, 6.07) is 12.6. The fourth-order valence-corrected chi connectivity index (χ4v) is 5.35. The molecule has 1 unspecified atom stereocenters. The van der Waals surface area contributed by atoms with Crippen LogP contribution in [0.2, 0.25) is 0 Å². The van der Waals surface area contributed by atoms with E-state index in [2.05, 4.69) is 15.6 Å². The van der Waals surface area contributed by atoms with Crippen LogP contribution in [0.15, 0.2) is 54.6 Å². The van der Waals surface area contributed by atoms with E-state index in [0.717, 1.165) is 11.4 Å². The van der Waals surface area contributed by atoms with Crippen molar-refractivity contribution in [3.05, 3.63) is 71.4 Å². The van der Waals surface area contributed by atoms with E-state index < -0.39 is 27.4 Å². The third-order valence-corrected chi connectivity index (χ3v) is 7.43. The lowest BCUT2D eigenvalue weighted by atomic mass is 9.78. The molecule has 4 rings (SSSR count). The average Bonchev–Trinajstić information content (AvgIpc) is 2.93. The highest BCUT2D eigenvalue weighted by molar-refractivity contribution is 7.71. The number of carbonyl (C=O) groups excluding carboxylic acids is 1. The van der Waals surface area contributed by atoms with Crippen LogP contribution in [-0.4, -0.2) is 62.1 Å². The Kier molecular flexibility index (Phi) is 8.98. The van der Waals surface area contributed by atoms with Crippen molar-refractivity contribution in [2.45, 2.75) is 38.4 Å². The minimum absolute atomic E-state index is 0.0709. The van der Waals surface area contributed by atoms with Gasteiger partial charge < -0.3 is 20.3 Å². The van der Waals surface area contributed by atoms with Crippen LogP contribution in [0.25, 0.3) is 11.4 Å². The fourth-order valence-electron chi connectivity index (χ4n) is 4.72. The summed E-state index contributed by atoms with van der Waals surface area (Å²) in [7, 11) is -2.83. The molecule has 1 fully saturated rings. The molecule has 2 aromatic carbocycles. The first-order valence-corrected chi connectivity index (χ1v) is 14.1. The maximum absolute atomic E-state index is 14.1. The number of amides is 2. The van der Waals surface area contributed by atoms with Gasteiger partial charge in [-0.25, -0.2) is 14.8 Å². The molecule has 0 radical (unpaired) electrons. The summed E-state index contributed by atoms with van der Waals surface area (Å²) in [5.74, 6) is 0.604. The summed E-state index contributed by atoms with van der Waals surface area (Å²) in [6.45, 7) is 6.88. The van der Waals surface area contributed by atoms with Gasteiger partial charge in [-0.05, 0) is 56.7 Å². The number of benzene rings is 2. The molecule has 1 aromatic heterocycles. The van der Waals surface area contributed by atoms with E-state index in [1.54, 1.807) is 31.2 Å². The molecule has 218 valence electrons. The number of rotatable bonds is 7. The molecule has 2 heterocycles. The number of morpholine rings is 1. The number of nitrogens with one attached hydrogen (secondary N) is 2. The molecule has 1 aliphatic heterocycles. The summed E-state index contributed by atoms with van der Waals surface area (Å²) in [5, 5.41) is 6.16. The lowest BCUT2D eigenvalue weighted by Crippen LogP contribution is -2.44. The molecule has 13 heteroatoms. The Bertz CT molecular complexity index is 1540. The summed E-state index contributed by atoms with van der Waals surface area (Å²) >= 11 is 0. The van der Waals surface area contributed by atoms with Crippen LogP contribution in [0, 0.1) is 0 Å². The van der Waals surface area contributed by atoms with Gasteiger partial charge in [-0.1, -0.05) is 18.2 Å². The molecule has 0 aliphatic carbocycles. The van der Waals surface area contributed by atoms with Crippen molar-refractivity contribution in [1.82, 2.24) is 15.3 Å². The highest BCUT2D eigenvalue weighted by Crippen LogP contribution is 2.40. The number of hydrogen-bond donors (Lipinski definition) is 2. The number of hydrogen-bond acceptors (Lipinski definition) is 7. The Morgan fingerprint density at radius 1 is 1.12 bits per heavy atom. The third-order valence-electron chi connectivity index (χ3n) is 6.77. The number of halogens is 3. The molecule has 2 amide bonds. The SMILES string of the molecule is CCNC(=O)Nc1ccc(-c2nc(N3CCOC[C@@H]3C)cc(C(C)(C=S(=O)=O)c3ccccc3C(F)(F)F)n2)cc1. The van der Waals surface area contributed by atoms with Crippen molar-refractivity contribution in [3.8, 4) is 11.4 Å². The highest BCUT2D eigenvalue weighted by Gasteiger charge is 2.41. The maximum atomic E-state index is 14.1. The van der Waals surface area contributed by atoms with Crippen molar-refractivity contribution < 1.29 is 31.1 Å². The number of carbonyl (C=O) groups is 1. The number of alkyl halides is 3. The Hall–Kier alpha value is -3.97. The molecule has 2 N–H and O–H groups in total. The number of urea groups is 1. The quantitative estimate of drug-likeness (QED) is 0.390. The Morgan fingerprint density at radius 3 is 2.41 bits per heavy atom. The van der Waals surface area contributed by atoms with Crippen LogP contribution < -0.4 is 15.5 Å².